The average molecular weight is 305 g/mol. The minimum Gasteiger partial charge on any atom is -0.413 e. The molecule has 1 aromatic carbocycles. The third kappa shape index (κ3) is 2.57. The van der Waals surface area contributed by atoms with Crippen LogP contribution in [-0.4, -0.2) is 15.2 Å². The summed E-state index contributed by atoms with van der Waals surface area (Å²) in [5.41, 5.74) is 2.43. The number of aryl methyl sites for hydroxylation is 1. The maximum absolute atomic E-state index is 12.6. The molecule has 2 aromatic heterocycles. The number of nitrogens with zero attached hydrogens (tertiary/aromatic N) is 3. The zero-order valence-corrected chi connectivity index (χ0v) is 11.4. The van der Waals surface area contributed by atoms with Gasteiger partial charge in [0.05, 0.1) is 11.3 Å². The molecule has 0 fully saturated rings. The van der Waals surface area contributed by atoms with Crippen molar-refractivity contribution in [2.75, 3.05) is 0 Å². The van der Waals surface area contributed by atoms with Crippen molar-refractivity contribution >= 4 is 0 Å². The summed E-state index contributed by atoms with van der Waals surface area (Å²) in [7, 11) is 0. The second kappa shape index (κ2) is 5.25. The normalized spacial score (nSPS) is 11.6. The molecule has 0 saturated heterocycles. The summed E-state index contributed by atoms with van der Waals surface area (Å²) in [5.74, 6) is -1.57. The Morgan fingerprint density at radius 2 is 1.73 bits per heavy atom. The maximum atomic E-state index is 12.6. The fourth-order valence-corrected chi connectivity index (χ4v) is 2.13. The van der Waals surface area contributed by atoms with Crippen molar-refractivity contribution in [2.24, 2.45) is 0 Å². The zero-order valence-electron chi connectivity index (χ0n) is 11.4. The fraction of sp³-hybridized carbons (Fsp3) is 0.133. The molecular weight excluding hydrogens is 295 g/mol. The van der Waals surface area contributed by atoms with Gasteiger partial charge >= 0.3 is 12.1 Å². The van der Waals surface area contributed by atoms with Crippen molar-refractivity contribution in [1.29, 1.82) is 0 Å². The third-order valence-electron chi connectivity index (χ3n) is 3.11. The monoisotopic (exact) mass is 305 g/mol. The van der Waals surface area contributed by atoms with Gasteiger partial charge in [-0.15, -0.1) is 10.2 Å². The van der Waals surface area contributed by atoms with E-state index >= 15 is 0 Å². The Balaban J connectivity index is 2.17. The third-order valence-corrected chi connectivity index (χ3v) is 3.11. The Morgan fingerprint density at radius 3 is 2.36 bits per heavy atom. The Hall–Kier alpha value is -2.70. The zero-order chi connectivity index (χ0) is 15.7. The molecule has 0 aliphatic heterocycles. The lowest BCUT2D eigenvalue weighted by molar-refractivity contribution is -0.156. The fourth-order valence-electron chi connectivity index (χ4n) is 2.13. The van der Waals surface area contributed by atoms with Crippen LogP contribution in [0.4, 0.5) is 13.2 Å². The predicted molar refractivity (Wildman–Crippen MR) is 72.7 cm³/mol. The summed E-state index contributed by atoms with van der Waals surface area (Å²) in [6, 6.07) is 10.9. The number of halogens is 3. The van der Waals surface area contributed by atoms with E-state index in [2.05, 4.69) is 15.2 Å². The van der Waals surface area contributed by atoms with E-state index < -0.39 is 12.1 Å². The van der Waals surface area contributed by atoms with Crippen LogP contribution >= 0.6 is 0 Å². The molecule has 4 nitrogen and oxygen atoms in total. The van der Waals surface area contributed by atoms with Gasteiger partial charge in [-0.05, 0) is 24.1 Å². The molecule has 0 aliphatic rings. The van der Waals surface area contributed by atoms with Crippen LogP contribution in [0.15, 0.2) is 47.0 Å². The maximum Gasteiger partial charge on any atom is 0.470 e. The van der Waals surface area contributed by atoms with Crippen molar-refractivity contribution in [1.82, 2.24) is 15.2 Å². The molecule has 2 heterocycles. The van der Waals surface area contributed by atoms with Gasteiger partial charge in [0.1, 0.15) is 0 Å². The molecule has 22 heavy (non-hydrogen) atoms. The second-order valence-electron chi connectivity index (χ2n) is 4.60. The summed E-state index contributed by atoms with van der Waals surface area (Å²) in [6.45, 7) is 1.68. The van der Waals surface area contributed by atoms with Crippen LogP contribution < -0.4 is 0 Å². The van der Waals surface area contributed by atoms with Crippen LogP contribution in [0.2, 0.25) is 0 Å². The Kier molecular flexibility index (Phi) is 3.40. The predicted octanol–water partition coefficient (Wildman–Crippen LogP) is 4.13. The summed E-state index contributed by atoms with van der Waals surface area (Å²) >= 11 is 0. The molecule has 0 radical (unpaired) electrons. The first-order valence-corrected chi connectivity index (χ1v) is 6.39. The first-order valence-electron chi connectivity index (χ1n) is 6.39. The van der Waals surface area contributed by atoms with E-state index in [1.165, 1.54) is 0 Å². The minimum atomic E-state index is -4.67. The minimum absolute atomic E-state index is 0.197. The van der Waals surface area contributed by atoms with Gasteiger partial charge in [-0.3, -0.25) is 4.98 Å². The first-order chi connectivity index (χ1) is 10.5. The van der Waals surface area contributed by atoms with E-state index in [1.54, 1.807) is 19.2 Å². The number of rotatable bonds is 2. The Bertz CT molecular complexity index is 797. The van der Waals surface area contributed by atoms with Gasteiger partial charge in [0.25, 0.3) is 5.89 Å². The first kappa shape index (κ1) is 14.2. The lowest BCUT2D eigenvalue weighted by atomic mass is 9.99. The van der Waals surface area contributed by atoms with Gasteiger partial charge in [-0.25, -0.2) is 0 Å². The SMILES string of the molecule is Cc1nccc(-c2ccccc2)c1-c1nnc(C(F)(F)F)o1. The number of benzene rings is 1. The van der Waals surface area contributed by atoms with Gasteiger partial charge in [-0.1, -0.05) is 30.3 Å². The molecule has 0 aliphatic carbocycles. The lowest BCUT2D eigenvalue weighted by Gasteiger charge is -2.08. The molecule has 3 rings (SSSR count). The molecule has 0 amide bonds. The van der Waals surface area contributed by atoms with E-state index in [9.17, 15) is 13.2 Å². The van der Waals surface area contributed by atoms with Crippen LogP contribution in [-0.2, 0) is 6.18 Å². The molecule has 0 atom stereocenters. The summed E-state index contributed by atoms with van der Waals surface area (Å²) in [6.07, 6.45) is -3.09. The van der Waals surface area contributed by atoms with E-state index in [-0.39, 0.29) is 5.89 Å². The van der Waals surface area contributed by atoms with E-state index in [0.717, 1.165) is 5.56 Å². The summed E-state index contributed by atoms with van der Waals surface area (Å²) in [4.78, 5) is 4.10. The summed E-state index contributed by atoms with van der Waals surface area (Å²) in [5, 5.41) is 6.59. The van der Waals surface area contributed by atoms with Crippen molar-refractivity contribution < 1.29 is 17.6 Å². The van der Waals surface area contributed by atoms with Crippen molar-refractivity contribution in [3.05, 3.63) is 54.2 Å². The highest BCUT2D eigenvalue weighted by molar-refractivity contribution is 5.80. The highest BCUT2D eigenvalue weighted by Gasteiger charge is 2.38. The smallest absolute Gasteiger partial charge is 0.413 e. The molecule has 0 spiro atoms. The van der Waals surface area contributed by atoms with Crippen LogP contribution in [0.25, 0.3) is 22.6 Å². The van der Waals surface area contributed by atoms with Crippen molar-refractivity contribution in [2.45, 2.75) is 13.1 Å². The highest BCUT2D eigenvalue weighted by atomic mass is 19.4. The van der Waals surface area contributed by atoms with Crippen LogP contribution in [0, 0.1) is 6.92 Å². The molecule has 0 bridgehead atoms. The van der Waals surface area contributed by atoms with Crippen LogP contribution in [0.1, 0.15) is 11.6 Å². The molecule has 3 aromatic rings. The van der Waals surface area contributed by atoms with Crippen molar-refractivity contribution in [3.8, 4) is 22.6 Å². The Morgan fingerprint density at radius 1 is 1.00 bits per heavy atom. The number of alkyl halides is 3. The molecule has 0 unspecified atom stereocenters. The average Bonchev–Trinajstić information content (AvgIpc) is 2.97. The molecule has 0 saturated carbocycles. The quantitative estimate of drug-likeness (QED) is 0.714. The largest absolute Gasteiger partial charge is 0.470 e. The molecular formula is C15H10F3N3O. The van der Waals surface area contributed by atoms with E-state index in [0.29, 0.717) is 16.8 Å². The van der Waals surface area contributed by atoms with Crippen LogP contribution in [0.3, 0.4) is 0 Å². The van der Waals surface area contributed by atoms with Gasteiger partial charge < -0.3 is 4.42 Å². The number of aromatic nitrogens is 3. The van der Waals surface area contributed by atoms with Gasteiger partial charge in [-0.2, -0.15) is 13.2 Å². The van der Waals surface area contributed by atoms with E-state index in [1.807, 2.05) is 30.3 Å². The molecule has 0 N–H and O–H groups in total. The number of hydrogen-bond donors (Lipinski definition) is 0. The topological polar surface area (TPSA) is 51.8 Å². The van der Waals surface area contributed by atoms with Crippen molar-refractivity contribution in [3.63, 3.8) is 0 Å². The molecule has 112 valence electrons. The van der Waals surface area contributed by atoms with Gasteiger partial charge in [0.2, 0.25) is 0 Å². The van der Waals surface area contributed by atoms with Gasteiger partial charge in [0, 0.05) is 6.20 Å². The van der Waals surface area contributed by atoms with Gasteiger partial charge in [0.15, 0.2) is 0 Å². The highest BCUT2D eigenvalue weighted by Crippen LogP contribution is 2.35. The summed E-state index contributed by atoms with van der Waals surface area (Å²) < 4.78 is 42.7. The number of hydrogen-bond acceptors (Lipinski definition) is 4. The standard InChI is InChI=1S/C15H10F3N3O/c1-9-12(13-20-21-14(22-13)15(16,17)18)11(7-8-19-9)10-5-3-2-4-6-10/h2-8H,1H3. The number of pyridine rings is 1. The van der Waals surface area contributed by atoms with E-state index in [4.69, 9.17) is 4.42 Å². The lowest BCUT2D eigenvalue weighted by Crippen LogP contribution is -2.04. The molecule has 7 heteroatoms. The second-order valence-corrected chi connectivity index (χ2v) is 4.60. The van der Waals surface area contributed by atoms with Crippen LogP contribution in [0.5, 0.6) is 0 Å². The Labute approximate surface area is 123 Å².